The van der Waals surface area contributed by atoms with Crippen LogP contribution in [0.4, 0.5) is 11.4 Å². The van der Waals surface area contributed by atoms with Crippen LogP contribution in [0.2, 0.25) is 0 Å². The lowest BCUT2D eigenvalue weighted by Crippen LogP contribution is -2.25. The molecule has 44 heavy (non-hydrogen) atoms. The molecule has 2 fully saturated rings. The largest absolute Gasteiger partial charge is 0.326 e. The number of carbonyl (C=O) groups is 4. The van der Waals surface area contributed by atoms with Gasteiger partial charge in [-0.1, -0.05) is 62.8 Å². The molecule has 0 aromatic heterocycles. The Hall–Kier alpha value is -4.34. The molecular weight excluding hydrogens is 556 g/mol. The first-order chi connectivity index (χ1) is 21.3. The molecular formula is C34H44N6O4. The number of hydrogen-bond acceptors (Lipinski definition) is 6. The van der Waals surface area contributed by atoms with Gasteiger partial charge in [-0.2, -0.15) is 10.2 Å². The van der Waals surface area contributed by atoms with Crippen molar-refractivity contribution in [3.8, 4) is 0 Å². The van der Waals surface area contributed by atoms with Gasteiger partial charge in [0.15, 0.2) is 0 Å². The van der Waals surface area contributed by atoms with Crippen LogP contribution in [0.3, 0.4) is 0 Å². The predicted octanol–water partition coefficient (Wildman–Crippen LogP) is 5.89. The highest BCUT2D eigenvalue weighted by Gasteiger charge is 2.22. The van der Waals surface area contributed by atoms with Gasteiger partial charge in [-0.3, -0.25) is 19.2 Å². The van der Waals surface area contributed by atoms with E-state index in [2.05, 4.69) is 31.7 Å². The second-order valence-corrected chi connectivity index (χ2v) is 11.8. The summed E-state index contributed by atoms with van der Waals surface area (Å²) in [7, 11) is 0. The fourth-order valence-corrected chi connectivity index (χ4v) is 5.57. The third kappa shape index (κ3) is 10.1. The van der Waals surface area contributed by atoms with Crippen LogP contribution in [0, 0.1) is 11.8 Å². The molecule has 4 amide bonds. The Bertz CT molecular complexity index is 1250. The number of carbonyl (C=O) groups excluding carboxylic acids is 4. The molecule has 2 aliphatic rings. The van der Waals surface area contributed by atoms with Gasteiger partial charge in [-0.15, -0.1) is 0 Å². The third-order valence-electron chi connectivity index (χ3n) is 8.37. The minimum atomic E-state index is -0.387. The number of amides is 4. The Morgan fingerprint density at radius 3 is 1.25 bits per heavy atom. The van der Waals surface area contributed by atoms with Crippen LogP contribution >= 0.6 is 0 Å². The quantitative estimate of drug-likeness (QED) is 0.189. The summed E-state index contributed by atoms with van der Waals surface area (Å²) in [5, 5.41) is 14.3. The van der Waals surface area contributed by atoms with Crippen LogP contribution < -0.4 is 21.5 Å². The summed E-state index contributed by atoms with van der Waals surface area (Å²) in [6.07, 6.45) is 10.5. The normalized spacial score (nSPS) is 16.6. The molecule has 0 radical (unpaired) electrons. The van der Waals surface area contributed by atoms with Crippen molar-refractivity contribution in [2.24, 2.45) is 22.0 Å². The molecule has 234 valence electrons. The van der Waals surface area contributed by atoms with Crippen molar-refractivity contribution in [1.82, 2.24) is 10.9 Å². The van der Waals surface area contributed by atoms with E-state index in [-0.39, 0.29) is 48.3 Å². The van der Waals surface area contributed by atoms with Gasteiger partial charge in [0, 0.05) is 36.1 Å². The van der Waals surface area contributed by atoms with E-state index >= 15 is 0 Å². The van der Waals surface area contributed by atoms with Crippen LogP contribution in [0.5, 0.6) is 0 Å². The second-order valence-electron chi connectivity index (χ2n) is 11.8. The van der Waals surface area contributed by atoms with Gasteiger partial charge in [-0.05, 0) is 74.9 Å². The second kappa shape index (κ2) is 16.5. The Morgan fingerprint density at radius 2 is 0.909 bits per heavy atom. The van der Waals surface area contributed by atoms with Crippen molar-refractivity contribution >= 4 is 46.4 Å². The van der Waals surface area contributed by atoms with E-state index in [1.54, 1.807) is 13.8 Å². The minimum Gasteiger partial charge on any atom is -0.326 e. The fraction of sp³-hybridized carbons (Fsp3) is 0.471. The van der Waals surface area contributed by atoms with Gasteiger partial charge < -0.3 is 10.6 Å². The zero-order valence-electron chi connectivity index (χ0n) is 25.8. The summed E-state index contributed by atoms with van der Waals surface area (Å²) in [6, 6.07) is 14.7. The summed E-state index contributed by atoms with van der Waals surface area (Å²) in [5.74, 6) is -0.450. The molecule has 4 rings (SSSR count). The highest BCUT2D eigenvalue weighted by atomic mass is 16.2. The van der Waals surface area contributed by atoms with Crippen molar-refractivity contribution in [3.05, 3.63) is 59.7 Å². The summed E-state index contributed by atoms with van der Waals surface area (Å²) >= 11 is 0. The lowest BCUT2D eigenvalue weighted by molar-refractivity contribution is -0.126. The van der Waals surface area contributed by atoms with Crippen LogP contribution in [0.15, 0.2) is 58.7 Å². The molecule has 0 heterocycles. The lowest BCUT2D eigenvalue weighted by Gasteiger charge is -2.20. The Morgan fingerprint density at radius 1 is 0.568 bits per heavy atom. The molecule has 2 aromatic rings. The predicted molar refractivity (Wildman–Crippen MR) is 173 cm³/mol. The number of hydrazone groups is 2. The minimum absolute atomic E-state index is 0.0430. The van der Waals surface area contributed by atoms with Crippen molar-refractivity contribution in [2.75, 3.05) is 10.6 Å². The molecule has 0 bridgehead atoms. The van der Waals surface area contributed by atoms with E-state index in [4.69, 9.17) is 0 Å². The molecule has 0 spiro atoms. The fourth-order valence-electron chi connectivity index (χ4n) is 5.57. The van der Waals surface area contributed by atoms with Crippen LogP contribution in [-0.4, -0.2) is 35.1 Å². The number of nitrogens with one attached hydrogen (secondary N) is 4. The summed E-state index contributed by atoms with van der Waals surface area (Å²) in [6.45, 7) is 3.55. The third-order valence-corrected chi connectivity index (χ3v) is 8.37. The van der Waals surface area contributed by atoms with Gasteiger partial charge in [-0.25, -0.2) is 10.9 Å². The van der Waals surface area contributed by atoms with Crippen LogP contribution in [-0.2, 0) is 19.2 Å². The molecule has 0 aliphatic heterocycles. The molecule has 2 aromatic carbocycles. The van der Waals surface area contributed by atoms with E-state index in [0.29, 0.717) is 11.4 Å². The van der Waals surface area contributed by atoms with Crippen molar-refractivity contribution in [1.29, 1.82) is 0 Å². The maximum absolute atomic E-state index is 12.5. The topological polar surface area (TPSA) is 141 Å². The molecule has 4 N–H and O–H groups in total. The number of hydrogen-bond donors (Lipinski definition) is 4. The van der Waals surface area contributed by atoms with Crippen molar-refractivity contribution in [3.63, 3.8) is 0 Å². The summed E-state index contributed by atoms with van der Waals surface area (Å²) in [5.41, 5.74) is 9.28. The van der Waals surface area contributed by atoms with Crippen molar-refractivity contribution < 1.29 is 19.2 Å². The summed E-state index contributed by atoms with van der Waals surface area (Å²) in [4.78, 5) is 49.5. The van der Waals surface area contributed by atoms with E-state index in [0.717, 1.165) is 73.9 Å². The zero-order valence-corrected chi connectivity index (χ0v) is 25.8. The molecule has 10 nitrogen and oxygen atoms in total. The van der Waals surface area contributed by atoms with Gasteiger partial charge in [0.05, 0.1) is 11.4 Å². The van der Waals surface area contributed by atoms with E-state index in [9.17, 15) is 19.2 Å². The Labute approximate surface area is 259 Å². The molecule has 0 saturated heterocycles. The first kappa shape index (κ1) is 32.6. The number of nitrogens with zero attached hydrogens (tertiary/aromatic N) is 2. The van der Waals surface area contributed by atoms with E-state index in [1.165, 1.54) is 12.8 Å². The van der Waals surface area contributed by atoms with Crippen LogP contribution in [0.1, 0.15) is 102 Å². The maximum Gasteiger partial charge on any atom is 0.240 e. The van der Waals surface area contributed by atoms with Gasteiger partial charge in [0.1, 0.15) is 0 Å². The smallest absolute Gasteiger partial charge is 0.240 e. The molecule has 2 saturated carbocycles. The van der Waals surface area contributed by atoms with Gasteiger partial charge >= 0.3 is 0 Å². The first-order valence-electron chi connectivity index (χ1n) is 15.8. The lowest BCUT2D eigenvalue weighted by atomic mass is 9.88. The molecule has 0 atom stereocenters. The van der Waals surface area contributed by atoms with Gasteiger partial charge in [0.25, 0.3) is 0 Å². The molecule has 2 aliphatic carbocycles. The first-order valence-corrected chi connectivity index (χ1v) is 15.8. The Balaban J connectivity index is 1.16. The van der Waals surface area contributed by atoms with E-state index < -0.39 is 0 Å². The molecule has 10 heteroatoms. The summed E-state index contributed by atoms with van der Waals surface area (Å²) < 4.78 is 0. The number of rotatable bonds is 11. The monoisotopic (exact) mass is 600 g/mol. The standard InChI is InChI=1S/C34H44N6O4/c1-23(25-13-17-29(18-14-25)35-33(43)27-9-5-3-6-10-27)37-39-31(41)21-22-32(42)40-38-24(2)26-15-19-30(20-16-26)36-34(44)28-11-7-4-8-12-28/h13-20,27-28H,3-12,21-22H2,1-2H3,(H,35,43)(H,36,44)(H,39,41)(H,40,42). The average Bonchev–Trinajstić information content (AvgIpc) is 3.06. The van der Waals surface area contributed by atoms with Crippen molar-refractivity contribution in [2.45, 2.75) is 90.9 Å². The maximum atomic E-state index is 12.5. The van der Waals surface area contributed by atoms with Gasteiger partial charge in [0.2, 0.25) is 23.6 Å². The molecule has 0 unspecified atom stereocenters. The van der Waals surface area contributed by atoms with Crippen LogP contribution in [0.25, 0.3) is 0 Å². The number of anilines is 2. The average molecular weight is 601 g/mol. The van der Waals surface area contributed by atoms with E-state index in [1.807, 2.05) is 48.5 Å². The Kier molecular flexibility index (Phi) is 12.2. The highest BCUT2D eigenvalue weighted by molar-refractivity contribution is 6.01. The number of benzene rings is 2. The zero-order chi connectivity index (χ0) is 31.3. The highest BCUT2D eigenvalue weighted by Crippen LogP contribution is 2.26. The SMILES string of the molecule is CC(=NNC(=O)CCC(=O)NN=C(C)c1ccc(NC(=O)C2CCCCC2)cc1)c1ccc(NC(=O)C2CCCCC2)cc1.